The van der Waals surface area contributed by atoms with Crippen LogP contribution >= 0.6 is 0 Å². The first-order valence-corrected chi connectivity index (χ1v) is 7.55. The van der Waals surface area contributed by atoms with Crippen LogP contribution in [0.15, 0.2) is 24.3 Å². The van der Waals surface area contributed by atoms with Crippen LogP contribution in [-0.4, -0.2) is 31.3 Å². The number of benzene rings is 1. The summed E-state index contributed by atoms with van der Waals surface area (Å²) in [4.78, 5) is 6.90. The molecule has 2 aliphatic heterocycles. The van der Waals surface area contributed by atoms with Gasteiger partial charge in [0.1, 0.15) is 5.82 Å². The molecule has 2 fully saturated rings. The molecule has 1 unspecified atom stereocenters. The summed E-state index contributed by atoms with van der Waals surface area (Å²) in [6.45, 7) is 5.75. The molecule has 3 nitrogen and oxygen atoms in total. The molecule has 0 N–H and O–H groups in total. The van der Waals surface area contributed by atoms with E-state index in [1.807, 2.05) is 6.92 Å². The molecule has 0 radical (unpaired) electrons. The Bertz CT molecular complexity index is 694. The van der Waals surface area contributed by atoms with Crippen molar-refractivity contribution in [2.24, 2.45) is 5.41 Å². The Morgan fingerprint density at radius 2 is 2.19 bits per heavy atom. The Morgan fingerprint density at radius 3 is 3.00 bits per heavy atom. The number of halogens is 1. The molecule has 110 valence electrons. The zero-order valence-electron chi connectivity index (χ0n) is 12.2. The van der Waals surface area contributed by atoms with E-state index in [1.54, 1.807) is 12.1 Å². The predicted molar refractivity (Wildman–Crippen MR) is 81.1 cm³/mol. The van der Waals surface area contributed by atoms with Gasteiger partial charge < -0.3 is 9.64 Å². The van der Waals surface area contributed by atoms with Crippen molar-refractivity contribution < 1.29 is 9.13 Å². The van der Waals surface area contributed by atoms with Crippen molar-refractivity contribution >= 4 is 16.6 Å². The number of fused-ring (bicyclic) bond motifs is 1. The monoisotopic (exact) mass is 286 g/mol. The van der Waals surface area contributed by atoms with Crippen molar-refractivity contribution in [3.63, 3.8) is 0 Å². The van der Waals surface area contributed by atoms with Gasteiger partial charge in [-0.1, -0.05) is 0 Å². The molecule has 1 atom stereocenters. The molecule has 4 rings (SSSR count). The van der Waals surface area contributed by atoms with Crippen molar-refractivity contribution in [2.45, 2.75) is 19.8 Å². The quantitative estimate of drug-likeness (QED) is 0.804. The summed E-state index contributed by atoms with van der Waals surface area (Å²) in [6, 6.07) is 6.93. The highest BCUT2D eigenvalue weighted by molar-refractivity contribution is 5.92. The molecule has 1 spiro atoms. The average Bonchev–Trinajstić information content (AvgIpc) is 3.09. The Balaban J connectivity index is 1.77. The van der Waals surface area contributed by atoms with Gasteiger partial charge in [0.2, 0.25) is 0 Å². The van der Waals surface area contributed by atoms with Gasteiger partial charge in [-0.3, -0.25) is 4.98 Å². The van der Waals surface area contributed by atoms with E-state index in [1.165, 1.54) is 6.07 Å². The molecule has 0 amide bonds. The first kappa shape index (κ1) is 13.0. The van der Waals surface area contributed by atoms with Crippen molar-refractivity contribution in [1.82, 2.24) is 4.98 Å². The maximum atomic E-state index is 13.6. The number of aryl methyl sites for hydroxylation is 1. The van der Waals surface area contributed by atoms with Gasteiger partial charge in [0, 0.05) is 41.9 Å². The van der Waals surface area contributed by atoms with Crippen LogP contribution < -0.4 is 4.90 Å². The number of hydrogen-bond donors (Lipinski definition) is 0. The van der Waals surface area contributed by atoms with E-state index in [0.29, 0.717) is 5.41 Å². The van der Waals surface area contributed by atoms with E-state index in [2.05, 4.69) is 16.0 Å². The largest absolute Gasteiger partial charge is 0.381 e. The van der Waals surface area contributed by atoms with E-state index in [4.69, 9.17) is 4.74 Å². The van der Waals surface area contributed by atoms with Gasteiger partial charge >= 0.3 is 0 Å². The lowest BCUT2D eigenvalue weighted by atomic mass is 9.87. The smallest absolute Gasteiger partial charge is 0.124 e. The molecule has 0 saturated carbocycles. The average molecular weight is 286 g/mol. The highest BCUT2D eigenvalue weighted by Gasteiger charge is 2.41. The molecule has 3 heterocycles. The van der Waals surface area contributed by atoms with Crippen LogP contribution in [0.2, 0.25) is 0 Å². The second-order valence-electron chi connectivity index (χ2n) is 6.42. The lowest BCUT2D eigenvalue weighted by molar-refractivity contribution is 0.160. The molecule has 1 aromatic heterocycles. The number of pyridine rings is 1. The Kier molecular flexibility index (Phi) is 2.89. The zero-order chi connectivity index (χ0) is 14.4. The van der Waals surface area contributed by atoms with Gasteiger partial charge in [-0.25, -0.2) is 4.39 Å². The number of nitrogens with zero attached hydrogens (tertiary/aromatic N) is 2. The molecule has 21 heavy (non-hydrogen) atoms. The minimum atomic E-state index is -0.201. The minimum absolute atomic E-state index is 0.201. The Morgan fingerprint density at radius 1 is 1.29 bits per heavy atom. The first-order chi connectivity index (χ1) is 10.2. The third kappa shape index (κ3) is 2.18. The maximum absolute atomic E-state index is 13.6. The number of hydrogen-bond acceptors (Lipinski definition) is 3. The lowest BCUT2D eigenvalue weighted by Gasteiger charge is -2.24. The van der Waals surface area contributed by atoms with Crippen molar-refractivity contribution in [3.8, 4) is 0 Å². The van der Waals surface area contributed by atoms with Crippen LogP contribution in [0.25, 0.3) is 10.9 Å². The van der Waals surface area contributed by atoms with Gasteiger partial charge in [-0.05, 0) is 44.0 Å². The molecule has 4 heteroatoms. The van der Waals surface area contributed by atoms with E-state index in [-0.39, 0.29) is 5.82 Å². The molecule has 2 aliphatic rings. The standard InChI is InChI=1S/C17H19FN2O/c1-12-8-16(14-9-13(18)2-3-15(14)19-12)20-6-4-17(10-20)5-7-21-11-17/h2-3,8-9H,4-7,10-11H2,1H3. The summed E-state index contributed by atoms with van der Waals surface area (Å²) in [7, 11) is 0. The summed E-state index contributed by atoms with van der Waals surface area (Å²) in [5.41, 5.74) is 3.26. The highest BCUT2D eigenvalue weighted by atomic mass is 19.1. The summed E-state index contributed by atoms with van der Waals surface area (Å²) in [5.74, 6) is -0.201. The predicted octanol–water partition coefficient (Wildman–Crippen LogP) is 3.30. The van der Waals surface area contributed by atoms with E-state index in [9.17, 15) is 4.39 Å². The number of aromatic nitrogens is 1. The van der Waals surface area contributed by atoms with Gasteiger partial charge in [0.05, 0.1) is 12.1 Å². The summed E-state index contributed by atoms with van der Waals surface area (Å²) in [6.07, 6.45) is 2.30. The van der Waals surface area contributed by atoms with Crippen molar-refractivity contribution in [1.29, 1.82) is 0 Å². The molecule has 2 aromatic rings. The van der Waals surface area contributed by atoms with Crippen molar-refractivity contribution in [3.05, 3.63) is 35.8 Å². The first-order valence-electron chi connectivity index (χ1n) is 7.55. The lowest BCUT2D eigenvalue weighted by Crippen LogP contribution is -2.27. The number of anilines is 1. The SMILES string of the molecule is Cc1cc(N2CCC3(CCOC3)C2)c2cc(F)ccc2n1. The molecule has 1 aromatic carbocycles. The fourth-order valence-corrected chi connectivity index (χ4v) is 3.68. The summed E-state index contributed by atoms with van der Waals surface area (Å²) >= 11 is 0. The van der Waals surface area contributed by atoms with E-state index >= 15 is 0 Å². The van der Waals surface area contributed by atoms with Gasteiger partial charge in [0.15, 0.2) is 0 Å². The van der Waals surface area contributed by atoms with Gasteiger partial charge in [0.25, 0.3) is 0 Å². The normalized spacial score (nSPS) is 25.3. The van der Waals surface area contributed by atoms with Crippen LogP contribution in [0.5, 0.6) is 0 Å². The second kappa shape index (κ2) is 4.67. The molecular formula is C17H19FN2O. The fraction of sp³-hybridized carbons (Fsp3) is 0.471. The zero-order valence-corrected chi connectivity index (χ0v) is 12.2. The topological polar surface area (TPSA) is 25.4 Å². The van der Waals surface area contributed by atoms with Gasteiger partial charge in [-0.2, -0.15) is 0 Å². The summed E-state index contributed by atoms with van der Waals surface area (Å²) in [5, 5.41) is 0.913. The molecular weight excluding hydrogens is 267 g/mol. The van der Waals surface area contributed by atoms with Crippen molar-refractivity contribution in [2.75, 3.05) is 31.2 Å². The third-order valence-electron chi connectivity index (χ3n) is 4.84. The van der Waals surface area contributed by atoms with Crippen LogP contribution in [0, 0.1) is 18.2 Å². The summed E-state index contributed by atoms with van der Waals surface area (Å²) < 4.78 is 19.2. The van der Waals surface area contributed by atoms with E-state index < -0.39 is 0 Å². The molecule has 0 aliphatic carbocycles. The van der Waals surface area contributed by atoms with Gasteiger partial charge in [-0.15, -0.1) is 0 Å². The van der Waals surface area contributed by atoms with Crippen LogP contribution in [-0.2, 0) is 4.74 Å². The molecule has 0 bridgehead atoms. The maximum Gasteiger partial charge on any atom is 0.124 e. The number of ether oxygens (including phenoxy) is 1. The third-order valence-corrected chi connectivity index (χ3v) is 4.84. The fourth-order valence-electron chi connectivity index (χ4n) is 3.68. The van der Waals surface area contributed by atoms with Crippen LogP contribution in [0.1, 0.15) is 18.5 Å². The number of rotatable bonds is 1. The second-order valence-corrected chi connectivity index (χ2v) is 6.42. The van der Waals surface area contributed by atoms with Crippen LogP contribution in [0.3, 0.4) is 0 Å². The van der Waals surface area contributed by atoms with Crippen LogP contribution in [0.4, 0.5) is 10.1 Å². The highest BCUT2D eigenvalue weighted by Crippen LogP contribution is 2.41. The minimum Gasteiger partial charge on any atom is -0.381 e. The van der Waals surface area contributed by atoms with E-state index in [0.717, 1.165) is 61.4 Å². The Labute approximate surface area is 123 Å². The molecule has 2 saturated heterocycles. The Hall–Kier alpha value is -1.68.